The molecule has 2 N–H and O–H groups in total. The van der Waals surface area contributed by atoms with Gasteiger partial charge < -0.3 is 10.5 Å². The Morgan fingerprint density at radius 1 is 1.39 bits per heavy atom. The van der Waals surface area contributed by atoms with E-state index in [0.717, 1.165) is 18.9 Å². The fraction of sp³-hybridized carbons (Fsp3) is 0.500. The average molecular weight is 324 g/mol. The molecule has 1 saturated carbocycles. The van der Waals surface area contributed by atoms with Crippen LogP contribution >= 0.6 is 15.9 Å². The molecule has 1 aliphatic rings. The molecule has 0 unspecified atom stereocenters. The van der Waals surface area contributed by atoms with Crippen molar-refractivity contribution in [1.82, 2.24) is 0 Å². The second-order valence-electron chi connectivity index (χ2n) is 4.68. The van der Waals surface area contributed by atoms with Gasteiger partial charge in [-0.15, -0.1) is 0 Å². The van der Waals surface area contributed by atoms with Crippen LogP contribution in [0, 0.1) is 0 Å². The molecule has 100 valence electrons. The zero-order chi connectivity index (χ0) is 13.6. The summed E-state index contributed by atoms with van der Waals surface area (Å²) >= 11 is 3.10. The van der Waals surface area contributed by atoms with Crippen LogP contribution in [-0.4, -0.2) is 12.6 Å². The highest BCUT2D eigenvalue weighted by molar-refractivity contribution is 9.10. The number of methoxy groups -OCH3 is 1. The first kappa shape index (κ1) is 13.7. The molecular weight excluding hydrogens is 311 g/mol. The molecule has 0 saturated heterocycles. The second kappa shape index (κ2) is 4.42. The van der Waals surface area contributed by atoms with E-state index in [2.05, 4.69) is 15.9 Å². The maximum Gasteiger partial charge on any atom is 0.420 e. The Morgan fingerprint density at radius 2 is 2.00 bits per heavy atom. The van der Waals surface area contributed by atoms with Gasteiger partial charge in [0.1, 0.15) is 5.75 Å². The Hall–Kier alpha value is -0.750. The molecule has 1 aliphatic carbocycles. The van der Waals surface area contributed by atoms with Gasteiger partial charge in [0.25, 0.3) is 0 Å². The number of rotatable bonds is 3. The van der Waals surface area contributed by atoms with Gasteiger partial charge in [0.05, 0.1) is 12.7 Å². The van der Waals surface area contributed by atoms with Gasteiger partial charge in [-0.25, -0.2) is 0 Å². The lowest BCUT2D eigenvalue weighted by atomic mass is 10.0. The Bertz CT molecular complexity index is 469. The Labute approximate surface area is 111 Å². The van der Waals surface area contributed by atoms with Crippen LogP contribution in [0.4, 0.5) is 13.2 Å². The number of hydrogen-bond donors (Lipinski definition) is 1. The zero-order valence-electron chi connectivity index (χ0n) is 9.77. The minimum Gasteiger partial charge on any atom is -0.496 e. The molecule has 0 aliphatic heterocycles. The number of halogens is 4. The SMILES string of the molecule is COc1c(CC2(N)CC2)cc(Br)cc1C(F)(F)F. The van der Waals surface area contributed by atoms with Crippen LogP contribution in [0.5, 0.6) is 5.75 Å². The van der Waals surface area contributed by atoms with E-state index in [1.54, 1.807) is 6.07 Å². The molecule has 0 bridgehead atoms. The first-order chi connectivity index (χ1) is 8.25. The van der Waals surface area contributed by atoms with Crippen LogP contribution in [0.15, 0.2) is 16.6 Å². The highest BCUT2D eigenvalue weighted by Crippen LogP contribution is 2.44. The molecule has 1 fully saturated rings. The Morgan fingerprint density at radius 3 is 2.44 bits per heavy atom. The van der Waals surface area contributed by atoms with Crippen LogP contribution in [0.2, 0.25) is 0 Å². The molecule has 0 radical (unpaired) electrons. The van der Waals surface area contributed by atoms with E-state index in [1.807, 2.05) is 0 Å². The van der Waals surface area contributed by atoms with Gasteiger partial charge in [-0.2, -0.15) is 13.2 Å². The summed E-state index contributed by atoms with van der Waals surface area (Å²) in [5.41, 5.74) is 5.33. The highest BCUT2D eigenvalue weighted by atomic mass is 79.9. The maximum atomic E-state index is 12.9. The Kier molecular flexibility index (Phi) is 3.36. The minimum absolute atomic E-state index is 0.123. The molecule has 0 atom stereocenters. The van der Waals surface area contributed by atoms with E-state index in [1.165, 1.54) is 7.11 Å². The van der Waals surface area contributed by atoms with Gasteiger partial charge in [-0.1, -0.05) is 15.9 Å². The van der Waals surface area contributed by atoms with Crippen molar-refractivity contribution in [3.8, 4) is 5.75 Å². The molecule has 1 aromatic rings. The topological polar surface area (TPSA) is 35.2 Å². The monoisotopic (exact) mass is 323 g/mol. The molecular formula is C12H13BrF3NO. The summed E-state index contributed by atoms with van der Waals surface area (Å²) in [5.74, 6) is -0.123. The zero-order valence-corrected chi connectivity index (χ0v) is 11.4. The number of alkyl halides is 3. The van der Waals surface area contributed by atoms with Crippen LogP contribution in [0.3, 0.4) is 0 Å². The van der Waals surface area contributed by atoms with Gasteiger partial charge in [0.15, 0.2) is 0 Å². The van der Waals surface area contributed by atoms with Gasteiger partial charge in [-0.3, -0.25) is 0 Å². The van der Waals surface area contributed by atoms with Crippen molar-refractivity contribution in [2.45, 2.75) is 31.0 Å². The summed E-state index contributed by atoms with van der Waals surface area (Å²) < 4.78 is 44.1. The average Bonchev–Trinajstić information content (AvgIpc) is 2.94. The molecule has 0 heterocycles. The predicted molar refractivity (Wildman–Crippen MR) is 65.6 cm³/mol. The molecule has 18 heavy (non-hydrogen) atoms. The summed E-state index contributed by atoms with van der Waals surface area (Å²) in [4.78, 5) is 0. The number of benzene rings is 1. The summed E-state index contributed by atoms with van der Waals surface area (Å²) in [6.45, 7) is 0. The number of nitrogens with two attached hydrogens (primary N) is 1. The van der Waals surface area contributed by atoms with Crippen molar-refractivity contribution >= 4 is 15.9 Å². The third-order valence-corrected chi connectivity index (χ3v) is 3.53. The van der Waals surface area contributed by atoms with Gasteiger partial charge in [-0.05, 0) is 37.0 Å². The summed E-state index contributed by atoms with van der Waals surface area (Å²) in [6, 6.07) is 2.67. The fourth-order valence-electron chi connectivity index (χ4n) is 1.95. The molecule has 0 aromatic heterocycles. The van der Waals surface area contributed by atoms with Crippen LogP contribution in [-0.2, 0) is 12.6 Å². The lowest BCUT2D eigenvalue weighted by Crippen LogP contribution is -2.25. The first-order valence-corrected chi connectivity index (χ1v) is 6.27. The minimum atomic E-state index is -4.44. The maximum absolute atomic E-state index is 12.9. The highest BCUT2D eigenvalue weighted by Gasteiger charge is 2.41. The van der Waals surface area contributed by atoms with Crippen molar-refractivity contribution in [2.75, 3.05) is 7.11 Å². The van der Waals surface area contributed by atoms with Gasteiger partial charge >= 0.3 is 6.18 Å². The van der Waals surface area contributed by atoms with Crippen molar-refractivity contribution in [1.29, 1.82) is 0 Å². The molecule has 2 nitrogen and oxygen atoms in total. The van der Waals surface area contributed by atoms with E-state index < -0.39 is 11.7 Å². The molecule has 1 aromatic carbocycles. The molecule has 0 amide bonds. The quantitative estimate of drug-likeness (QED) is 0.923. The first-order valence-electron chi connectivity index (χ1n) is 5.48. The second-order valence-corrected chi connectivity index (χ2v) is 5.60. The summed E-state index contributed by atoms with van der Waals surface area (Å²) in [7, 11) is 1.25. The van der Waals surface area contributed by atoms with E-state index >= 15 is 0 Å². The predicted octanol–water partition coefficient (Wildman–Crippen LogP) is 3.51. The van der Waals surface area contributed by atoms with Crippen molar-refractivity contribution in [2.24, 2.45) is 5.73 Å². The summed E-state index contributed by atoms with van der Waals surface area (Å²) in [5, 5.41) is 0. The third-order valence-electron chi connectivity index (χ3n) is 3.07. The molecule has 0 spiro atoms. The Balaban J connectivity index is 2.47. The van der Waals surface area contributed by atoms with E-state index in [9.17, 15) is 13.2 Å². The van der Waals surface area contributed by atoms with Gasteiger partial charge in [0.2, 0.25) is 0 Å². The number of hydrogen-bond acceptors (Lipinski definition) is 2. The van der Waals surface area contributed by atoms with Crippen molar-refractivity contribution < 1.29 is 17.9 Å². The van der Waals surface area contributed by atoms with Crippen LogP contribution in [0.25, 0.3) is 0 Å². The summed E-state index contributed by atoms with van der Waals surface area (Å²) in [6.07, 6.45) is -2.36. The van der Waals surface area contributed by atoms with Crippen LogP contribution in [0.1, 0.15) is 24.0 Å². The molecule has 6 heteroatoms. The normalized spacial score (nSPS) is 17.7. The molecule has 2 rings (SSSR count). The standard InChI is InChI=1S/C12H13BrF3NO/c1-18-10-7(6-11(17)2-3-11)4-8(13)5-9(10)12(14,15)16/h4-5H,2-3,6,17H2,1H3. The van der Waals surface area contributed by atoms with Crippen LogP contribution < -0.4 is 10.5 Å². The largest absolute Gasteiger partial charge is 0.496 e. The number of ether oxygens (including phenoxy) is 1. The van der Waals surface area contributed by atoms with Crippen molar-refractivity contribution in [3.05, 3.63) is 27.7 Å². The van der Waals surface area contributed by atoms with E-state index in [0.29, 0.717) is 16.5 Å². The van der Waals surface area contributed by atoms with E-state index in [4.69, 9.17) is 10.5 Å². The van der Waals surface area contributed by atoms with Gasteiger partial charge in [0, 0.05) is 10.0 Å². The lowest BCUT2D eigenvalue weighted by Gasteiger charge is -2.18. The third kappa shape index (κ3) is 2.80. The van der Waals surface area contributed by atoms with E-state index in [-0.39, 0.29) is 11.3 Å². The van der Waals surface area contributed by atoms with Crippen molar-refractivity contribution in [3.63, 3.8) is 0 Å². The lowest BCUT2D eigenvalue weighted by molar-refractivity contribution is -0.138. The smallest absolute Gasteiger partial charge is 0.420 e. The fourth-order valence-corrected chi connectivity index (χ4v) is 2.45.